The van der Waals surface area contributed by atoms with Crippen LogP contribution in [0.3, 0.4) is 0 Å². The average Bonchev–Trinajstić information content (AvgIpc) is 2.51. The molecule has 1 aromatic heterocycles. The highest BCUT2D eigenvalue weighted by Gasteiger charge is 2.10. The van der Waals surface area contributed by atoms with E-state index in [9.17, 15) is 4.79 Å². The van der Waals surface area contributed by atoms with Gasteiger partial charge in [0.15, 0.2) is 0 Å². The molecular weight excluding hydrogens is 300 g/mol. The van der Waals surface area contributed by atoms with Crippen molar-refractivity contribution in [3.05, 3.63) is 52.3 Å². The van der Waals surface area contributed by atoms with E-state index >= 15 is 0 Å². The highest BCUT2D eigenvalue weighted by atomic mass is 35.5. The molecule has 22 heavy (non-hydrogen) atoms. The molecule has 5 nitrogen and oxygen atoms in total. The first-order chi connectivity index (χ1) is 10.6. The van der Waals surface area contributed by atoms with E-state index in [0.29, 0.717) is 29.8 Å². The fourth-order valence-electron chi connectivity index (χ4n) is 1.91. The quantitative estimate of drug-likeness (QED) is 0.858. The second-order valence-electron chi connectivity index (χ2n) is 4.92. The van der Waals surface area contributed by atoms with Crippen LogP contribution in [0.5, 0.6) is 0 Å². The van der Waals surface area contributed by atoms with E-state index < -0.39 is 0 Å². The van der Waals surface area contributed by atoms with Crippen LogP contribution >= 0.6 is 11.6 Å². The van der Waals surface area contributed by atoms with E-state index in [-0.39, 0.29) is 5.91 Å². The number of halogens is 1. The molecule has 0 saturated carbocycles. The number of carbonyl (C=O) groups excluding carboxylic acids is 1. The lowest BCUT2D eigenvalue weighted by Gasteiger charge is -2.09. The van der Waals surface area contributed by atoms with Crippen molar-refractivity contribution in [1.82, 2.24) is 15.3 Å². The van der Waals surface area contributed by atoms with Crippen molar-refractivity contribution in [3.63, 3.8) is 0 Å². The Kier molecular flexibility index (Phi) is 5.72. The molecule has 6 heteroatoms. The maximum Gasteiger partial charge on any atom is 0.270 e. The van der Waals surface area contributed by atoms with Crippen LogP contribution in [0.1, 0.15) is 35.1 Å². The summed E-state index contributed by atoms with van der Waals surface area (Å²) in [5, 5.41) is 6.60. The Hall–Kier alpha value is -2.14. The van der Waals surface area contributed by atoms with Crippen molar-refractivity contribution in [3.8, 4) is 0 Å². The monoisotopic (exact) mass is 318 g/mol. The van der Waals surface area contributed by atoms with Crippen LogP contribution in [-0.4, -0.2) is 22.4 Å². The van der Waals surface area contributed by atoms with E-state index in [2.05, 4.69) is 20.6 Å². The van der Waals surface area contributed by atoms with Crippen LogP contribution < -0.4 is 10.6 Å². The van der Waals surface area contributed by atoms with Crippen molar-refractivity contribution in [2.45, 2.75) is 26.8 Å². The highest BCUT2D eigenvalue weighted by molar-refractivity contribution is 6.31. The molecule has 0 bridgehead atoms. The van der Waals surface area contributed by atoms with E-state index in [0.717, 1.165) is 17.7 Å². The maximum absolute atomic E-state index is 12.0. The molecule has 2 aromatic rings. The minimum Gasteiger partial charge on any atom is -0.351 e. The van der Waals surface area contributed by atoms with Gasteiger partial charge in [-0.2, -0.15) is 0 Å². The minimum absolute atomic E-state index is 0.187. The largest absolute Gasteiger partial charge is 0.351 e. The predicted octanol–water partition coefficient (Wildman–Crippen LogP) is 3.19. The van der Waals surface area contributed by atoms with Crippen molar-refractivity contribution in [2.24, 2.45) is 0 Å². The van der Waals surface area contributed by atoms with Gasteiger partial charge < -0.3 is 10.6 Å². The first kappa shape index (κ1) is 16.2. The third-order valence-corrected chi connectivity index (χ3v) is 3.39. The van der Waals surface area contributed by atoms with Gasteiger partial charge in [-0.25, -0.2) is 9.97 Å². The fraction of sp³-hybridized carbons (Fsp3) is 0.312. The average molecular weight is 319 g/mol. The van der Waals surface area contributed by atoms with Crippen LogP contribution in [-0.2, 0) is 6.54 Å². The molecule has 116 valence electrons. The molecule has 2 N–H and O–H groups in total. The molecule has 1 amide bonds. The van der Waals surface area contributed by atoms with Gasteiger partial charge >= 0.3 is 0 Å². The number of anilines is 1. The first-order valence-electron chi connectivity index (χ1n) is 7.21. The second kappa shape index (κ2) is 7.75. The summed E-state index contributed by atoms with van der Waals surface area (Å²) in [5.41, 5.74) is 2.05. The topological polar surface area (TPSA) is 66.9 Å². The van der Waals surface area contributed by atoms with Crippen molar-refractivity contribution >= 4 is 23.5 Å². The van der Waals surface area contributed by atoms with Crippen molar-refractivity contribution in [2.75, 3.05) is 11.9 Å². The molecule has 0 radical (unpaired) electrons. The van der Waals surface area contributed by atoms with Gasteiger partial charge in [-0.1, -0.05) is 36.7 Å². The molecule has 0 atom stereocenters. The minimum atomic E-state index is -0.187. The van der Waals surface area contributed by atoms with Crippen LogP contribution in [0.4, 0.5) is 5.95 Å². The SMILES string of the molecule is CCCNC(=O)c1cc(C)nc(NCc2ccccc2Cl)n1. The number of carbonyl (C=O) groups is 1. The number of rotatable bonds is 6. The fourth-order valence-corrected chi connectivity index (χ4v) is 2.11. The molecule has 0 aliphatic heterocycles. The van der Waals surface area contributed by atoms with Gasteiger partial charge in [0.05, 0.1) is 0 Å². The smallest absolute Gasteiger partial charge is 0.270 e. The lowest BCUT2D eigenvalue weighted by atomic mass is 10.2. The van der Waals surface area contributed by atoms with E-state index in [1.165, 1.54) is 0 Å². The van der Waals surface area contributed by atoms with Gasteiger partial charge in [-0.15, -0.1) is 0 Å². The van der Waals surface area contributed by atoms with Crippen LogP contribution in [0, 0.1) is 6.92 Å². The first-order valence-corrected chi connectivity index (χ1v) is 7.59. The van der Waals surface area contributed by atoms with Crippen molar-refractivity contribution in [1.29, 1.82) is 0 Å². The Labute approximate surface area is 135 Å². The molecule has 0 fully saturated rings. The number of aromatic nitrogens is 2. The third-order valence-electron chi connectivity index (χ3n) is 3.02. The van der Waals surface area contributed by atoms with Gasteiger partial charge in [0.25, 0.3) is 5.91 Å². The summed E-state index contributed by atoms with van der Waals surface area (Å²) in [5.74, 6) is 0.231. The number of amides is 1. The zero-order valence-electron chi connectivity index (χ0n) is 12.7. The zero-order chi connectivity index (χ0) is 15.9. The third kappa shape index (κ3) is 4.43. The van der Waals surface area contributed by atoms with Gasteiger partial charge in [-0.05, 0) is 31.0 Å². The van der Waals surface area contributed by atoms with E-state index in [1.807, 2.05) is 38.1 Å². The standard InChI is InChI=1S/C16H19ClN4O/c1-3-8-18-15(22)14-9-11(2)20-16(21-14)19-10-12-6-4-5-7-13(12)17/h4-7,9H,3,8,10H2,1-2H3,(H,18,22)(H,19,20,21). The highest BCUT2D eigenvalue weighted by Crippen LogP contribution is 2.16. The van der Waals surface area contributed by atoms with E-state index in [1.54, 1.807) is 6.07 Å². The Balaban J connectivity index is 2.09. The summed E-state index contributed by atoms with van der Waals surface area (Å²) in [4.78, 5) is 20.5. The van der Waals surface area contributed by atoms with Crippen molar-refractivity contribution < 1.29 is 4.79 Å². The van der Waals surface area contributed by atoms with Crippen LogP contribution in [0.15, 0.2) is 30.3 Å². The van der Waals surface area contributed by atoms with Gasteiger partial charge in [0.1, 0.15) is 5.69 Å². The maximum atomic E-state index is 12.0. The lowest BCUT2D eigenvalue weighted by molar-refractivity contribution is 0.0948. The number of nitrogens with one attached hydrogen (secondary N) is 2. The normalized spacial score (nSPS) is 10.3. The Morgan fingerprint density at radius 1 is 1.27 bits per heavy atom. The summed E-state index contributed by atoms with van der Waals surface area (Å²) >= 11 is 6.12. The summed E-state index contributed by atoms with van der Waals surface area (Å²) in [6, 6.07) is 9.24. The molecule has 0 unspecified atom stereocenters. The number of hydrogen-bond acceptors (Lipinski definition) is 4. The molecule has 1 aromatic carbocycles. The lowest BCUT2D eigenvalue weighted by Crippen LogP contribution is -2.25. The van der Waals surface area contributed by atoms with Gasteiger partial charge in [-0.3, -0.25) is 4.79 Å². The number of aryl methyl sites for hydroxylation is 1. The molecule has 0 aliphatic carbocycles. The number of nitrogens with zero attached hydrogens (tertiary/aromatic N) is 2. The number of hydrogen-bond donors (Lipinski definition) is 2. The Morgan fingerprint density at radius 2 is 2.05 bits per heavy atom. The molecule has 2 rings (SSSR count). The summed E-state index contributed by atoms with van der Waals surface area (Å²) in [7, 11) is 0. The van der Waals surface area contributed by atoms with Gasteiger partial charge in [0, 0.05) is 23.8 Å². The van der Waals surface area contributed by atoms with Crippen LogP contribution in [0.25, 0.3) is 0 Å². The molecule has 0 aliphatic rings. The number of benzene rings is 1. The molecular formula is C16H19ClN4O. The Morgan fingerprint density at radius 3 is 2.77 bits per heavy atom. The summed E-state index contributed by atoms with van der Waals surface area (Å²) in [6.45, 7) is 4.96. The van der Waals surface area contributed by atoms with Gasteiger partial charge in [0.2, 0.25) is 5.95 Å². The summed E-state index contributed by atoms with van der Waals surface area (Å²) in [6.07, 6.45) is 0.882. The van der Waals surface area contributed by atoms with Crippen LogP contribution in [0.2, 0.25) is 5.02 Å². The molecule has 1 heterocycles. The Bertz CT molecular complexity index is 660. The summed E-state index contributed by atoms with van der Waals surface area (Å²) < 4.78 is 0. The zero-order valence-corrected chi connectivity index (χ0v) is 13.4. The van der Waals surface area contributed by atoms with E-state index in [4.69, 9.17) is 11.6 Å². The molecule has 0 saturated heterocycles. The second-order valence-corrected chi connectivity index (χ2v) is 5.33. The predicted molar refractivity (Wildman–Crippen MR) is 88.2 cm³/mol. The molecule has 0 spiro atoms.